The van der Waals surface area contributed by atoms with E-state index in [2.05, 4.69) is 4.98 Å². The summed E-state index contributed by atoms with van der Waals surface area (Å²) in [6.45, 7) is 4.32. The van der Waals surface area contributed by atoms with Crippen molar-refractivity contribution in [2.45, 2.75) is 32.7 Å². The predicted octanol–water partition coefficient (Wildman–Crippen LogP) is 2.88. The van der Waals surface area contributed by atoms with E-state index in [-0.39, 0.29) is 18.4 Å². The lowest BCUT2D eigenvalue weighted by molar-refractivity contribution is -0.137. The highest BCUT2D eigenvalue weighted by molar-refractivity contribution is 5.98. The van der Waals surface area contributed by atoms with Crippen LogP contribution in [0.4, 0.5) is 0 Å². The highest BCUT2D eigenvalue weighted by atomic mass is 16.4. The number of rotatable bonds is 6. The van der Waals surface area contributed by atoms with Crippen LogP contribution in [-0.2, 0) is 4.79 Å². The quantitative estimate of drug-likeness (QED) is 0.858. The molecular weight excluding hydrogens is 268 g/mol. The minimum Gasteiger partial charge on any atom is -0.481 e. The molecule has 1 heterocycles. The molecule has 0 saturated heterocycles. The van der Waals surface area contributed by atoms with Crippen LogP contribution in [0.2, 0.25) is 0 Å². The van der Waals surface area contributed by atoms with Crippen LogP contribution in [0, 0.1) is 0 Å². The summed E-state index contributed by atoms with van der Waals surface area (Å²) in [6.07, 6.45) is 2.38. The largest absolute Gasteiger partial charge is 0.481 e. The molecule has 2 N–H and O–H groups in total. The molecule has 0 radical (unpaired) electrons. The van der Waals surface area contributed by atoms with Gasteiger partial charge in [0.25, 0.3) is 5.91 Å². The van der Waals surface area contributed by atoms with Gasteiger partial charge in [-0.05, 0) is 43.9 Å². The maximum atomic E-state index is 12.6. The van der Waals surface area contributed by atoms with Gasteiger partial charge in [-0.15, -0.1) is 0 Å². The lowest BCUT2D eigenvalue weighted by Crippen LogP contribution is -2.37. The number of benzene rings is 1. The number of aromatic nitrogens is 1. The maximum Gasteiger partial charge on any atom is 0.303 e. The number of carbonyl (C=O) groups excluding carboxylic acids is 1. The van der Waals surface area contributed by atoms with Gasteiger partial charge in [0.2, 0.25) is 0 Å². The molecule has 0 aliphatic heterocycles. The summed E-state index contributed by atoms with van der Waals surface area (Å²) in [4.78, 5) is 28.0. The SMILES string of the molecule is CC(C)N(CCCC(=O)O)C(=O)c1ccc2cc[nH]c2c1. The van der Waals surface area contributed by atoms with Crippen LogP contribution < -0.4 is 0 Å². The molecule has 0 fully saturated rings. The van der Waals surface area contributed by atoms with Crippen molar-refractivity contribution in [2.75, 3.05) is 6.54 Å². The highest BCUT2D eigenvalue weighted by Crippen LogP contribution is 2.17. The molecule has 1 amide bonds. The molecule has 1 aromatic carbocycles. The molecule has 0 spiro atoms. The first kappa shape index (κ1) is 15.1. The maximum absolute atomic E-state index is 12.6. The molecule has 0 aliphatic rings. The molecule has 112 valence electrons. The number of aliphatic carboxylic acids is 1. The number of hydrogen-bond acceptors (Lipinski definition) is 2. The first-order chi connectivity index (χ1) is 9.99. The van der Waals surface area contributed by atoms with Crippen LogP contribution in [0.3, 0.4) is 0 Å². The lowest BCUT2D eigenvalue weighted by Gasteiger charge is -2.26. The van der Waals surface area contributed by atoms with Crippen molar-refractivity contribution < 1.29 is 14.7 Å². The van der Waals surface area contributed by atoms with Crippen LogP contribution in [0.5, 0.6) is 0 Å². The van der Waals surface area contributed by atoms with E-state index >= 15 is 0 Å². The highest BCUT2D eigenvalue weighted by Gasteiger charge is 2.19. The van der Waals surface area contributed by atoms with Gasteiger partial charge in [0.1, 0.15) is 0 Å². The first-order valence-corrected chi connectivity index (χ1v) is 7.09. The fourth-order valence-electron chi connectivity index (χ4n) is 2.34. The third-order valence-corrected chi connectivity index (χ3v) is 3.48. The molecule has 1 aromatic heterocycles. The van der Waals surface area contributed by atoms with E-state index in [1.165, 1.54) is 0 Å². The minimum atomic E-state index is -0.834. The van der Waals surface area contributed by atoms with E-state index in [0.29, 0.717) is 18.5 Å². The fourth-order valence-corrected chi connectivity index (χ4v) is 2.34. The summed E-state index contributed by atoms with van der Waals surface area (Å²) >= 11 is 0. The Morgan fingerprint density at radius 3 is 2.71 bits per heavy atom. The third kappa shape index (κ3) is 3.62. The van der Waals surface area contributed by atoms with Crippen molar-refractivity contribution in [1.29, 1.82) is 0 Å². The number of carboxylic acids is 1. The number of aromatic amines is 1. The Morgan fingerprint density at radius 2 is 2.05 bits per heavy atom. The zero-order chi connectivity index (χ0) is 15.4. The number of H-pyrrole nitrogens is 1. The Kier molecular flexibility index (Phi) is 4.62. The second kappa shape index (κ2) is 6.43. The van der Waals surface area contributed by atoms with Gasteiger partial charge in [-0.3, -0.25) is 9.59 Å². The molecule has 0 atom stereocenters. The molecule has 2 aromatic rings. The van der Waals surface area contributed by atoms with Crippen LogP contribution in [0.25, 0.3) is 10.9 Å². The predicted molar refractivity (Wildman–Crippen MR) is 81.3 cm³/mol. The van der Waals surface area contributed by atoms with Gasteiger partial charge in [-0.25, -0.2) is 0 Å². The summed E-state index contributed by atoms with van der Waals surface area (Å²) < 4.78 is 0. The smallest absolute Gasteiger partial charge is 0.303 e. The molecule has 0 bridgehead atoms. The number of hydrogen-bond donors (Lipinski definition) is 2. The Bertz CT molecular complexity index is 646. The first-order valence-electron chi connectivity index (χ1n) is 7.09. The molecule has 5 nitrogen and oxygen atoms in total. The summed E-state index contributed by atoms with van der Waals surface area (Å²) in [6, 6.07) is 7.55. The fraction of sp³-hybridized carbons (Fsp3) is 0.375. The van der Waals surface area contributed by atoms with Gasteiger partial charge in [-0.1, -0.05) is 6.07 Å². The lowest BCUT2D eigenvalue weighted by atomic mass is 10.1. The van der Waals surface area contributed by atoms with Crippen molar-refractivity contribution in [1.82, 2.24) is 9.88 Å². The van der Waals surface area contributed by atoms with E-state index in [9.17, 15) is 9.59 Å². The normalized spacial score (nSPS) is 11.0. The second-order valence-corrected chi connectivity index (χ2v) is 5.37. The molecule has 0 unspecified atom stereocenters. The van der Waals surface area contributed by atoms with Crippen LogP contribution in [-0.4, -0.2) is 39.5 Å². The summed E-state index contributed by atoms with van der Waals surface area (Å²) in [5, 5.41) is 9.77. The van der Waals surface area contributed by atoms with Crippen LogP contribution in [0.15, 0.2) is 30.5 Å². The average molecular weight is 288 g/mol. The molecule has 5 heteroatoms. The third-order valence-electron chi connectivity index (χ3n) is 3.48. The van der Waals surface area contributed by atoms with E-state index in [0.717, 1.165) is 10.9 Å². The van der Waals surface area contributed by atoms with Crippen LogP contribution in [0.1, 0.15) is 37.0 Å². The summed E-state index contributed by atoms with van der Waals surface area (Å²) in [7, 11) is 0. The van der Waals surface area contributed by atoms with Crippen molar-refractivity contribution in [3.05, 3.63) is 36.0 Å². The van der Waals surface area contributed by atoms with E-state index in [4.69, 9.17) is 5.11 Å². The Labute approximate surface area is 123 Å². The van der Waals surface area contributed by atoms with Gasteiger partial charge in [0.05, 0.1) is 0 Å². The van der Waals surface area contributed by atoms with E-state index in [1.54, 1.807) is 4.90 Å². The Morgan fingerprint density at radius 1 is 1.29 bits per heavy atom. The monoisotopic (exact) mass is 288 g/mol. The average Bonchev–Trinajstić information content (AvgIpc) is 2.89. The number of fused-ring (bicyclic) bond motifs is 1. The number of nitrogens with zero attached hydrogens (tertiary/aromatic N) is 1. The molecule has 2 rings (SSSR count). The number of nitrogens with one attached hydrogen (secondary N) is 1. The van der Waals surface area contributed by atoms with Gasteiger partial charge in [0, 0.05) is 36.3 Å². The van der Waals surface area contributed by atoms with Crippen molar-refractivity contribution in [2.24, 2.45) is 0 Å². The van der Waals surface area contributed by atoms with E-state index in [1.807, 2.05) is 44.3 Å². The van der Waals surface area contributed by atoms with Gasteiger partial charge < -0.3 is 15.0 Å². The Hall–Kier alpha value is -2.30. The van der Waals surface area contributed by atoms with Crippen molar-refractivity contribution >= 4 is 22.8 Å². The zero-order valence-electron chi connectivity index (χ0n) is 12.3. The van der Waals surface area contributed by atoms with Gasteiger partial charge in [-0.2, -0.15) is 0 Å². The van der Waals surface area contributed by atoms with Crippen molar-refractivity contribution in [3.8, 4) is 0 Å². The topological polar surface area (TPSA) is 73.4 Å². The molecule has 0 aliphatic carbocycles. The number of amides is 1. The van der Waals surface area contributed by atoms with Gasteiger partial charge >= 0.3 is 5.97 Å². The summed E-state index contributed by atoms with van der Waals surface area (Å²) in [5.41, 5.74) is 1.55. The number of carboxylic acid groups (broad SMARTS) is 1. The zero-order valence-corrected chi connectivity index (χ0v) is 12.3. The molecular formula is C16H20N2O3. The second-order valence-electron chi connectivity index (χ2n) is 5.37. The van der Waals surface area contributed by atoms with Gasteiger partial charge in [0.15, 0.2) is 0 Å². The molecule has 0 saturated carbocycles. The minimum absolute atomic E-state index is 0.0330. The van der Waals surface area contributed by atoms with Crippen LogP contribution >= 0.6 is 0 Å². The van der Waals surface area contributed by atoms with Crippen molar-refractivity contribution in [3.63, 3.8) is 0 Å². The summed E-state index contributed by atoms with van der Waals surface area (Å²) in [5.74, 6) is -0.897. The molecule has 21 heavy (non-hydrogen) atoms. The number of carbonyl (C=O) groups is 2. The standard InChI is InChI=1S/C16H20N2O3/c1-11(2)18(9-3-4-15(19)20)16(21)13-6-5-12-7-8-17-14(12)10-13/h5-8,10-11,17H,3-4,9H2,1-2H3,(H,19,20). The Balaban J connectivity index is 2.14. The van der Waals surface area contributed by atoms with E-state index < -0.39 is 5.97 Å².